The van der Waals surface area contributed by atoms with E-state index in [4.69, 9.17) is 9.47 Å². The molecule has 1 heterocycles. The summed E-state index contributed by atoms with van der Waals surface area (Å²) >= 11 is 0. The number of nitrogens with zero attached hydrogens (tertiary/aromatic N) is 2. The first kappa shape index (κ1) is 20.7. The van der Waals surface area contributed by atoms with Crippen molar-refractivity contribution in [3.8, 4) is 11.5 Å². The molecule has 0 atom stereocenters. The minimum Gasteiger partial charge on any atom is -0.490 e. The molecule has 3 rings (SSSR count). The number of carbonyl (C=O) groups is 2. The molecule has 1 N–H and O–H groups in total. The van der Waals surface area contributed by atoms with E-state index in [1.807, 2.05) is 26.0 Å². The van der Waals surface area contributed by atoms with E-state index >= 15 is 0 Å². The van der Waals surface area contributed by atoms with Crippen LogP contribution in [-0.4, -0.2) is 29.7 Å². The van der Waals surface area contributed by atoms with Crippen LogP contribution in [-0.2, 0) is 0 Å². The van der Waals surface area contributed by atoms with Gasteiger partial charge in [-0.1, -0.05) is 17.7 Å². The molecule has 0 saturated carbocycles. The maximum Gasteiger partial charge on any atom is 0.343 e. The van der Waals surface area contributed by atoms with Crippen LogP contribution in [0.2, 0.25) is 0 Å². The monoisotopic (exact) mass is 403 g/mol. The van der Waals surface area contributed by atoms with Crippen LogP contribution < -0.4 is 14.9 Å². The zero-order valence-corrected chi connectivity index (χ0v) is 16.7. The quantitative estimate of drug-likeness (QED) is 0.281. The summed E-state index contributed by atoms with van der Waals surface area (Å²) in [5.74, 6) is -0.131. The molecule has 0 radical (unpaired) electrons. The van der Waals surface area contributed by atoms with E-state index in [1.165, 1.54) is 12.4 Å². The first-order chi connectivity index (χ1) is 14.6. The van der Waals surface area contributed by atoms with Gasteiger partial charge in [-0.3, -0.25) is 9.78 Å². The van der Waals surface area contributed by atoms with Crippen LogP contribution in [0.15, 0.2) is 72.1 Å². The lowest BCUT2D eigenvalue weighted by Gasteiger charge is -2.11. The molecule has 0 bridgehead atoms. The molecule has 1 amide bonds. The first-order valence-corrected chi connectivity index (χ1v) is 9.36. The number of carbonyl (C=O) groups excluding carboxylic acids is 2. The van der Waals surface area contributed by atoms with Crippen molar-refractivity contribution in [2.24, 2.45) is 5.10 Å². The van der Waals surface area contributed by atoms with Gasteiger partial charge in [-0.15, -0.1) is 0 Å². The summed E-state index contributed by atoms with van der Waals surface area (Å²) in [5, 5.41) is 3.95. The van der Waals surface area contributed by atoms with Crippen LogP contribution in [0.4, 0.5) is 0 Å². The third-order valence-electron chi connectivity index (χ3n) is 4.06. The predicted molar refractivity (Wildman–Crippen MR) is 113 cm³/mol. The van der Waals surface area contributed by atoms with Gasteiger partial charge in [-0.2, -0.15) is 5.10 Å². The minimum absolute atomic E-state index is 0.305. The Hall–Kier alpha value is -4.00. The van der Waals surface area contributed by atoms with Crippen LogP contribution in [0, 0.1) is 6.92 Å². The Balaban J connectivity index is 1.70. The van der Waals surface area contributed by atoms with Crippen molar-refractivity contribution in [3.63, 3.8) is 0 Å². The molecule has 0 aliphatic carbocycles. The molecule has 3 aromatic rings. The molecule has 0 aliphatic heterocycles. The Morgan fingerprint density at radius 3 is 2.57 bits per heavy atom. The number of rotatable bonds is 7. The number of hydrazone groups is 1. The molecule has 2 aromatic carbocycles. The second-order valence-electron chi connectivity index (χ2n) is 6.34. The summed E-state index contributed by atoms with van der Waals surface area (Å²) in [7, 11) is 0. The molecule has 152 valence electrons. The summed E-state index contributed by atoms with van der Waals surface area (Å²) < 4.78 is 11.1. The van der Waals surface area contributed by atoms with Crippen molar-refractivity contribution in [3.05, 3.63) is 89.2 Å². The van der Waals surface area contributed by atoms with Gasteiger partial charge in [0.05, 0.1) is 23.9 Å². The van der Waals surface area contributed by atoms with Gasteiger partial charge < -0.3 is 9.47 Å². The third kappa shape index (κ3) is 5.51. The third-order valence-corrected chi connectivity index (χ3v) is 4.06. The molecule has 7 heteroatoms. The molecular formula is C23H21N3O4. The van der Waals surface area contributed by atoms with Crippen LogP contribution in [0.1, 0.15) is 38.8 Å². The molecule has 7 nitrogen and oxygen atoms in total. The van der Waals surface area contributed by atoms with Crippen molar-refractivity contribution in [2.45, 2.75) is 13.8 Å². The number of ether oxygens (including phenoxy) is 2. The fourth-order valence-electron chi connectivity index (χ4n) is 2.53. The maximum atomic E-state index is 12.4. The molecule has 0 saturated heterocycles. The number of hydrogen-bond acceptors (Lipinski definition) is 6. The molecule has 0 fully saturated rings. The Morgan fingerprint density at radius 1 is 1.07 bits per heavy atom. The average Bonchev–Trinajstić information content (AvgIpc) is 2.76. The van der Waals surface area contributed by atoms with E-state index in [0.717, 1.165) is 5.56 Å². The second kappa shape index (κ2) is 9.97. The zero-order chi connectivity index (χ0) is 21.3. The summed E-state index contributed by atoms with van der Waals surface area (Å²) in [4.78, 5) is 28.3. The highest BCUT2D eigenvalue weighted by Gasteiger charge is 2.13. The van der Waals surface area contributed by atoms with E-state index < -0.39 is 5.97 Å². The van der Waals surface area contributed by atoms with Crippen molar-refractivity contribution < 1.29 is 19.1 Å². The number of aromatic nitrogens is 1. The molecule has 0 aliphatic rings. The van der Waals surface area contributed by atoms with E-state index in [0.29, 0.717) is 34.8 Å². The van der Waals surface area contributed by atoms with Crippen molar-refractivity contribution >= 4 is 18.1 Å². The number of nitrogens with one attached hydrogen (secondary N) is 1. The lowest BCUT2D eigenvalue weighted by atomic mass is 10.1. The highest BCUT2D eigenvalue weighted by Crippen LogP contribution is 2.29. The maximum absolute atomic E-state index is 12.4. The fraction of sp³-hybridized carbons (Fsp3) is 0.130. The Morgan fingerprint density at radius 2 is 1.87 bits per heavy atom. The van der Waals surface area contributed by atoms with Crippen molar-refractivity contribution in [1.82, 2.24) is 10.4 Å². The van der Waals surface area contributed by atoms with Crippen LogP contribution in [0.25, 0.3) is 0 Å². The largest absolute Gasteiger partial charge is 0.490 e. The van der Waals surface area contributed by atoms with Gasteiger partial charge in [0, 0.05) is 12.4 Å². The Kier molecular flexibility index (Phi) is 6.89. The first-order valence-electron chi connectivity index (χ1n) is 9.36. The van der Waals surface area contributed by atoms with Gasteiger partial charge >= 0.3 is 5.97 Å². The van der Waals surface area contributed by atoms with Gasteiger partial charge in [-0.05, 0) is 61.9 Å². The number of pyridine rings is 1. The van der Waals surface area contributed by atoms with Gasteiger partial charge in [0.25, 0.3) is 5.91 Å². The number of aryl methyl sites for hydroxylation is 1. The number of esters is 1. The van der Waals surface area contributed by atoms with Gasteiger partial charge in [-0.25, -0.2) is 10.2 Å². The lowest BCUT2D eigenvalue weighted by molar-refractivity contribution is 0.0728. The summed E-state index contributed by atoms with van der Waals surface area (Å²) in [5.41, 5.74) is 5.02. The van der Waals surface area contributed by atoms with Crippen LogP contribution in [0.3, 0.4) is 0 Å². The van der Waals surface area contributed by atoms with E-state index in [2.05, 4.69) is 15.5 Å². The highest BCUT2D eigenvalue weighted by atomic mass is 16.6. The van der Waals surface area contributed by atoms with E-state index in [-0.39, 0.29) is 5.91 Å². The van der Waals surface area contributed by atoms with Crippen molar-refractivity contribution in [1.29, 1.82) is 0 Å². The number of benzene rings is 2. The van der Waals surface area contributed by atoms with Crippen molar-refractivity contribution in [2.75, 3.05) is 6.61 Å². The average molecular weight is 403 g/mol. The van der Waals surface area contributed by atoms with Crippen LogP contribution >= 0.6 is 0 Å². The van der Waals surface area contributed by atoms with Gasteiger partial charge in [0.1, 0.15) is 0 Å². The fourth-order valence-corrected chi connectivity index (χ4v) is 2.53. The lowest BCUT2D eigenvalue weighted by Crippen LogP contribution is -2.17. The molecular weight excluding hydrogens is 382 g/mol. The number of amides is 1. The second-order valence-corrected chi connectivity index (χ2v) is 6.34. The highest BCUT2D eigenvalue weighted by molar-refractivity contribution is 5.94. The van der Waals surface area contributed by atoms with E-state index in [9.17, 15) is 9.59 Å². The summed E-state index contributed by atoms with van der Waals surface area (Å²) in [6, 6.07) is 15.4. The molecule has 0 spiro atoms. The standard InChI is InChI=1S/C23H21N3O4/c1-3-29-21-13-17(14-25-26-22(27)19-5-4-12-24-15-19)8-11-20(21)30-23(28)18-9-6-16(2)7-10-18/h4-15H,3H2,1-2H3,(H,26,27)/b25-14+. The summed E-state index contributed by atoms with van der Waals surface area (Å²) in [6.45, 7) is 4.18. The normalized spacial score (nSPS) is 10.6. The van der Waals surface area contributed by atoms with Gasteiger partial charge in [0.2, 0.25) is 0 Å². The van der Waals surface area contributed by atoms with E-state index in [1.54, 1.807) is 48.7 Å². The van der Waals surface area contributed by atoms with Gasteiger partial charge in [0.15, 0.2) is 11.5 Å². The molecule has 1 aromatic heterocycles. The van der Waals surface area contributed by atoms with Crippen LogP contribution in [0.5, 0.6) is 11.5 Å². The summed E-state index contributed by atoms with van der Waals surface area (Å²) in [6.07, 6.45) is 4.51. The number of hydrogen-bond donors (Lipinski definition) is 1. The molecule has 30 heavy (non-hydrogen) atoms. The zero-order valence-electron chi connectivity index (χ0n) is 16.7. The predicted octanol–water partition coefficient (Wildman–Crippen LogP) is 3.77. The Bertz CT molecular complexity index is 1050. The SMILES string of the molecule is CCOc1cc(/C=N/NC(=O)c2cccnc2)ccc1OC(=O)c1ccc(C)cc1. The smallest absolute Gasteiger partial charge is 0.343 e. The Labute approximate surface area is 174 Å². The minimum atomic E-state index is -0.471. The molecule has 0 unspecified atom stereocenters. The topological polar surface area (TPSA) is 89.9 Å².